The first-order chi connectivity index (χ1) is 9.70. The van der Waals surface area contributed by atoms with Gasteiger partial charge in [0.15, 0.2) is 5.82 Å². The van der Waals surface area contributed by atoms with Crippen molar-refractivity contribution in [2.75, 3.05) is 4.72 Å². The van der Waals surface area contributed by atoms with Gasteiger partial charge in [-0.15, -0.1) is 0 Å². The number of hydrogen-bond donors (Lipinski definition) is 2. The molecule has 1 heterocycles. The third-order valence-electron chi connectivity index (χ3n) is 2.39. The fraction of sp³-hybridized carbons (Fsp3) is 0.0909. The van der Waals surface area contributed by atoms with Crippen LogP contribution in [0.5, 0.6) is 0 Å². The van der Waals surface area contributed by atoms with E-state index < -0.39 is 32.3 Å². The molecule has 2 aromatic rings. The number of benzene rings is 1. The molecule has 21 heavy (non-hydrogen) atoms. The lowest BCUT2D eigenvalue weighted by Crippen LogP contribution is -2.16. The van der Waals surface area contributed by atoms with Crippen molar-refractivity contribution in [3.63, 3.8) is 0 Å². The van der Waals surface area contributed by atoms with E-state index in [2.05, 4.69) is 9.68 Å². The molecule has 10 heteroatoms. The van der Waals surface area contributed by atoms with Gasteiger partial charge in [-0.05, 0) is 19.1 Å². The first-order valence-electron chi connectivity index (χ1n) is 5.39. The Kier molecular flexibility index (Phi) is 3.88. The van der Waals surface area contributed by atoms with E-state index in [0.29, 0.717) is 5.69 Å². The summed E-state index contributed by atoms with van der Waals surface area (Å²) in [5.41, 5.74) is -0.442. The molecule has 0 amide bonds. The molecule has 2 rings (SSSR count). The third kappa shape index (κ3) is 3.14. The first-order valence-corrected chi connectivity index (χ1v) is 7.25. The summed E-state index contributed by atoms with van der Waals surface area (Å²) in [7, 11) is -4.42. The monoisotopic (exact) mass is 334 g/mol. The van der Waals surface area contributed by atoms with Crippen molar-refractivity contribution < 1.29 is 27.2 Å². The van der Waals surface area contributed by atoms with E-state index in [1.165, 1.54) is 6.07 Å². The third-order valence-corrected chi connectivity index (χ3v) is 3.95. The SMILES string of the molecule is Cc1cc(NS(=O)(=O)c2cc(Cl)cc(C(=O)O)c2F)on1. The summed E-state index contributed by atoms with van der Waals surface area (Å²) in [6.07, 6.45) is 0. The average molecular weight is 335 g/mol. The van der Waals surface area contributed by atoms with Gasteiger partial charge >= 0.3 is 5.97 Å². The van der Waals surface area contributed by atoms with Gasteiger partial charge in [0.1, 0.15) is 4.90 Å². The number of nitrogens with zero attached hydrogens (tertiary/aromatic N) is 1. The van der Waals surface area contributed by atoms with Crippen LogP contribution in [-0.4, -0.2) is 24.7 Å². The Hall–Kier alpha value is -2.13. The standard InChI is InChI=1S/C11H8ClFN2O5S/c1-5-2-9(20-14-5)15-21(18,19)8-4-6(12)3-7(10(8)13)11(16)17/h2-4,15H,1H3,(H,16,17). The second-order valence-electron chi connectivity index (χ2n) is 4.01. The Morgan fingerprint density at radius 2 is 2.10 bits per heavy atom. The number of nitrogens with one attached hydrogen (secondary N) is 1. The summed E-state index contributed by atoms with van der Waals surface area (Å²) >= 11 is 5.62. The molecule has 0 radical (unpaired) electrons. The van der Waals surface area contributed by atoms with E-state index in [9.17, 15) is 17.6 Å². The Morgan fingerprint density at radius 1 is 1.43 bits per heavy atom. The molecule has 1 aromatic carbocycles. The van der Waals surface area contributed by atoms with Crippen molar-refractivity contribution >= 4 is 33.5 Å². The van der Waals surface area contributed by atoms with Gasteiger partial charge in [-0.1, -0.05) is 16.8 Å². The number of anilines is 1. The van der Waals surface area contributed by atoms with Crippen LogP contribution in [0.4, 0.5) is 10.3 Å². The zero-order valence-corrected chi connectivity index (χ0v) is 12.0. The van der Waals surface area contributed by atoms with E-state index in [4.69, 9.17) is 16.7 Å². The molecule has 0 saturated carbocycles. The Labute approximate surface area is 123 Å². The summed E-state index contributed by atoms with van der Waals surface area (Å²) < 4.78 is 44.7. The predicted molar refractivity (Wildman–Crippen MR) is 70.4 cm³/mol. The average Bonchev–Trinajstić information content (AvgIpc) is 2.76. The van der Waals surface area contributed by atoms with Crippen molar-refractivity contribution in [2.45, 2.75) is 11.8 Å². The van der Waals surface area contributed by atoms with Crippen molar-refractivity contribution in [2.24, 2.45) is 0 Å². The number of aryl methyl sites for hydroxylation is 1. The highest BCUT2D eigenvalue weighted by atomic mass is 35.5. The number of halogens is 2. The highest BCUT2D eigenvalue weighted by Crippen LogP contribution is 2.25. The molecule has 0 unspecified atom stereocenters. The lowest BCUT2D eigenvalue weighted by atomic mass is 10.2. The van der Waals surface area contributed by atoms with E-state index in [-0.39, 0.29) is 10.9 Å². The van der Waals surface area contributed by atoms with Gasteiger partial charge in [0.2, 0.25) is 5.88 Å². The molecule has 0 aliphatic rings. The minimum Gasteiger partial charge on any atom is -0.478 e. The number of hydrogen-bond acceptors (Lipinski definition) is 5. The Bertz CT molecular complexity index is 818. The van der Waals surface area contributed by atoms with Crippen LogP contribution in [0.3, 0.4) is 0 Å². The van der Waals surface area contributed by atoms with Crippen LogP contribution in [0.2, 0.25) is 5.02 Å². The van der Waals surface area contributed by atoms with Crippen LogP contribution in [-0.2, 0) is 10.0 Å². The fourth-order valence-electron chi connectivity index (χ4n) is 1.51. The van der Waals surface area contributed by atoms with Crippen LogP contribution in [0.15, 0.2) is 27.6 Å². The molecule has 0 aliphatic heterocycles. The van der Waals surface area contributed by atoms with Gasteiger partial charge in [-0.25, -0.2) is 22.3 Å². The largest absolute Gasteiger partial charge is 0.478 e. The summed E-state index contributed by atoms with van der Waals surface area (Å²) in [4.78, 5) is 9.97. The lowest BCUT2D eigenvalue weighted by Gasteiger charge is -2.08. The van der Waals surface area contributed by atoms with Gasteiger partial charge in [0.05, 0.1) is 11.3 Å². The number of carboxylic acids is 1. The van der Waals surface area contributed by atoms with E-state index >= 15 is 0 Å². The molecule has 0 fully saturated rings. The molecule has 0 aliphatic carbocycles. The second-order valence-corrected chi connectivity index (χ2v) is 6.10. The number of aromatic nitrogens is 1. The topological polar surface area (TPSA) is 110 Å². The summed E-state index contributed by atoms with van der Waals surface area (Å²) in [5.74, 6) is -3.29. The van der Waals surface area contributed by atoms with E-state index in [0.717, 1.165) is 12.1 Å². The molecule has 0 spiro atoms. The van der Waals surface area contributed by atoms with E-state index in [1.54, 1.807) is 6.92 Å². The predicted octanol–water partition coefficient (Wildman–Crippen LogP) is 2.27. The highest BCUT2D eigenvalue weighted by molar-refractivity contribution is 7.92. The molecule has 0 saturated heterocycles. The molecular weight excluding hydrogens is 327 g/mol. The van der Waals surface area contributed by atoms with Crippen molar-refractivity contribution in [3.05, 3.63) is 40.3 Å². The van der Waals surface area contributed by atoms with Crippen molar-refractivity contribution in [3.8, 4) is 0 Å². The van der Waals surface area contributed by atoms with Crippen LogP contribution in [0, 0.1) is 12.7 Å². The van der Waals surface area contributed by atoms with Gasteiger partial charge in [0, 0.05) is 11.1 Å². The summed E-state index contributed by atoms with van der Waals surface area (Å²) in [6, 6.07) is 2.89. The zero-order valence-electron chi connectivity index (χ0n) is 10.4. The second kappa shape index (κ2) is 5.34. The molecule has 2 N–H and O–H groups in total. The van der Waals surface area contributed by atoms with Gasteiger partial charge < -0.3 is 9.63 Å². The molecule has 0 atom stereocenters. The number of carbonyl (C=O) groups is 1. The maximum Gasteiger partial charge on any atom is 0.338 e. The quantitative estimate of drug-likeness (QED) is 0.887. The number of rotatable bonds is 4. The van der Waals surface area contributed by atoms with E-state index in [1.807, 2.05) is 4.72 Å². The van der Waals surface area contributed by atoms with Gasteiger partial charge in [-0.3, -0.25) is 0 Å². The maximum atomic E-state index is 14.0. The molecule has 0 bridgehead atoms. The maximum absolute atomic E-state index is 14.0. The fourth-order valence-corrected chi connectivity index (χ4v) is 2.90. The van der Waals surface area contributed by atoms with Crippen LogP contribution < -0.4 is 4.72 Å². The number of carboxylic acid groups (broad SMARTS) is 1. The minimum absolute atomic E-state index is 0.233. The number of aromatic carboxylic acids is 1. The van der Waals surface area contributed by atoms with Crippen molar-refractivity contribution in [1.82, 2.24) is 5.16 Å². The molecule has 1 aromatic heterocycles. The summed E-state index contributed by atoms with van der Waals surface area (Å²) in [6.45, 7) is 1.56. The van der Waals surface area contributed by atoms with Crippen LogP contribution in [0.1, 0.15) is 16.1 Å². The molecule has 112 valence electrons. The van der Waals surface area contributed by atoms with Gasteiger partial charge in [0.25, 0.3) is 10.0 Å². The Morgan fingerprint density at radius 3 is 2.62 bits per heavy atom. The zero-order chi connectivity index (χ0) is 15.8. The molecular formula is C11H8ClFN2O5S. The highest BCUT2D eigenvalue weighted by Gasteiger charge is 2.26. The summed E-state index contributed by atoms with van der Waals surface area (Å²) in [5, 5.41) is 12.1. The van der Waals surface area contributed by atoms with Crippen molar-refractivity contribution in [1.29, 1.82) is 0 Å². The Balaban J connectivity index is 2.52. The van der Waals surface area contributed by atoms with Gasteiger partial charge in [-0.2, -0.15) is 0 Å². The smallest absolute Gasteiger partial charge is 0.338 e. The molecule has 7 nitrogen and oxygen atoms in total. The first kappa shape index (κ1) is 15.3. The van der Waals surface area contributed by atoms with Crippen LogP contribution in [0.25, 0.3) is 0 Å². The minimum atomic E-state index is -4.42. The normalized spacial score (nSPS) is 11.4. The van der Waals surface area contributed by atoms with Crippen LogP contribution >= 0.6 is 11.6 Å². The number of sulfonamides is 1. The lowest BCUT2D eigenvalue weighted by molar-refractivity contribution is 0.0691.